The maximum atomic E-state index is 11.2. The molecular formula is C14H14OP2. The highest BCUT2D eigenvalue weighted by molar-refractivity contribution is 7.72. The summed E-state index contributed by atoms with van der Waals surface area (Å²) in [6.45, 7) is 4.44. The summed E-state index contributed by atoms with van der Waals surface area (Å²) in [6.07, 6.45) is 1.16. The molecule has 2 unspecified atom stereocenters. The lowest BCUT2D eigenvalue weighted by Gasteiger charge is -2.24. The second-order valence-electron chi connectivity index (χ2n) is 4.91. The Balaban J connectivity index is 2.12. The summed E-state index contributed by atoms with van der Waals surface area (Å²) >= 11 is 0. The zero-order chi connectivity index (χ0) is 12.0. The van der Waals surface area contributed by atoms with Crippen LogP contribution in [0.3, 0.4) is 0 Å². The molecule has 2 aliphatic rings. The maximum Gasteiger partial charge on any atom is 0.188 e. The second kappa shape index (κ2) is 3.87. The maximum absolute atomic E-state index is 11.2. The van der Waals surface area contributed by atoms with Crippen molar-refractivity contribution in [2.24, 2.45) is 5.41 Å². The Morgan fingerprint density at radius 2 is 2.00 bits per heavy atom. The normalized spacial score (nSPS) is 31.2. The van der Waals surface area contributed by atoms with E-state index in [0.717, 1.165) is 11.5 Å². The largest absolute Gasteiger partial charge is 0.270 e. The highest BCUT2D eigenvalue weighted by Gasteiger charge is 2.47. The Morgan fingerprint density at radius 3 is 2.59 bits per heavy atom. The van der Waals surface area contributed by atoms with Crippen LogP contribution in [0.4, 0.5) is 0 Å². The Hall–Kier alpha value is -0.770. The Morgan fingerprint density at radius 1 is 1.29 bits per heavy atom. The fraction of sp³-hybridized carbons (Fsp3) is 0.286. The summed E-state index contributed by atoms with van der Waals surface area (Å²) in [5.41, 5.74) is 2.83. The van der Waals surface area contributed by atoms with Gasteiger partial charge in [-0.15, -0.1) is 0 Å². The molecule has 2 bridgehead atoms. The molecule has 0 saturated carbocycles. The van der Waals surface area contributed by atoms with Gasteiger partial charge in [-0.05, 0) is 37.7 Å². The van der Waals surface area contributed by atoms with Crippen LogP contribution in [0.2, 0.25) is 0 Å². The van der Waals surface area contributed by atoms with E-state index >= 15 is 0 Å². The van der Waals surface area contributed by atoms with Crippen molar-refractivity contribution in [3.05, 3.63) is 52.6 Å². The Labute approximate surface area is 105 Å². The highest BCUT2D eigenvalue weighted by Crippen LogP contribution is 2.73. The van der Waals surface area contributed by atoms with Gasteiger partial charge in [0.25, 0.3) is 0 Å². The van der Waals surface area contributed by atoms with Crippen molar-refractivity contribution in [3.8, 4) is 0 Å². The minimum absolute atomic E-state index is 0.0557. The molecule has 1 aromatic rings. The molecule has 2 heterocycles. The minimum Gasteiger partial charge on any atom is -0.270 e. The average molecular weight is 260 g/mol. The smallest absolute Gasteiger partial charge is 0.188 e. The van der Waals surface area contributed by atoms with Crippen LogP contribution in [-0.2, 0) is 4.57 Å². The van der Waals surface area contributed by atoms with E-state index in [9.17, 15) is 4.57 Å². The number of hydrogen-bond acceptors (Lipinski definition) is 1. The Kier molecular flexibility index (Phi) is 2.58. The van der Waals surface area contributed by atoms with Crippen molar-refractivity contribution in [3.63, 3.8) is 0 Å². The Bertz CT molecular complexity index is 545. The summed E-state index contributed by atoms with van der Waals surface area (Å²) in [5, 5.41) is 2.61. The molecule has 3 rings (SSSR count). The van der Waals surface area contributed by atoms with Gasteiger partial charge in [-0.1, -0.05) is 42.8 Å². The molecular weight excluding hydrogens is 246 g/mol. The van der Waals surface area contributed by atoms with Crippen LogP contribution in [0.1, 0.15) is 19.4 Å². The summed E-state index contributed by atoms with van der Waals surface area (Å²) in [6, 6.07) is 10.6. The van der Waals surface area contributed by atoms with E-state index in [-0.39, 0.29) is 21.8 Å². The van der Waals surface area contributed by atoms with E-state index < -0.39 is 0 Å². The molecule has 0 radical (unpaired) electrons. The molecule has 0 fully saturated rings. The minimum atomic E-state index is -0.231. The lowest BCUT2D eigenvalue weighted by atomic mass is 9.84. The third-order valence-corrected chi connectivity index (χ3v) is 7.68. The van der Waals surface area contributed by atoms with Gasteiger partial charge in [-0.25, -0.2) is 0 Å². The summed E-state index contributed by atoms with van der Waals surface area (Å²) < 4.78 is 11.2. The number of hydrogen-bond donors (Lipinski definition) is 0. The molecule has 17 heavy (non-hydrogen) atoms. The molecule has 2 atom stereocenters. The number of benzene rings is 1. The molecule has 86 valence electrons. The van der Waals surface area contributed by atoms with Crippen LogP contribution < -0.4 is 0 Å². The van der Waals surface area contributed by atoms with Crippen LogP contribution in [0.25, 0.3) is 5.31 Å². The predicted octanol–water partition coefficient (Wildman–Crippen LogP) is 5.07. The molecule has 3 heteroatoms. The lowest BCUT2D eigenvalue weighted by molar-refractivity contribution is 0.570. The first-order valence-electron chi connectivity index (χ1n) is 5.76. The van der Waals surface area contributed by atoms with Gasteiger partial charge in [0.05, 0.1) is 0 Å². The van der Waals surface area contributed by atoms with Crippen LogP contribution in [0.15, 0.2) is 47.0 Å². The SMILES string of the molecule is CC1=C(c2ccccc2)P2C=C(P=O)C1(C)C2. The van der Waals surface area contributed by atoms with Crippen LogP contribution in [0, 0.1) is 5.41 Å². The topological polar surface area (TPSA) is 17.1 Å². The third kappa shape index (κ3) is 1.49. The van der Waals surface area contributed by atoms with Crippen molar-refractivity contribution >= 4 is 21.7 Å². The van der Waals surface area contributed by atoms with Gasteiger partial charge in [0, 0.05) is 10.7 Å². The van der Waals surface area contributed by atoms with E-state index in [2.05, 4.69) is 50.0 Å². The standard InChI is InChI=1S/C14H14OP2/c1-10-13(11-6-4-3-5-7-11)17-8-12(16-15)14(10,2)9-17/h3-8H,9H2,1-2H3. The summed E-state index contributed by atoms with van der Waals surface area (Å²) in [4.78, 5) is 0. The van der Waals surface area contributed by atoms with Gasteiger partial charge < -0.3 is 0 Å². The van der Waals surface area contributed by atoms with Crippen molar-refractivity contribution in [2.45, 2.75) is 13.8 Å². The van der Waals surface area contributed by atoms with E-state index in [0.29, 0.717) is 0 Å². The zero-order valence-corrected chi connectivity index (χ0v) is 11.8. The lowest BCUT2D eigenvalue weighted by Crippen LogP contribution is -2.15. The van der Waals surface area contributed by atoms with Crippen LogP contribution in [0.5, 0.6) is 0 Å². The van der Waals surface area contributed by atoms with E-state index in [1.165, 1.54) is 16.5 Å². The first-order chi connectivity index (χ1) is 8.16. The molecule has 0 N–H and O–H groups in total. The van der Waals surface area contributed by atoms with E-state index in [4.69, 9.17) is 0 Å². The quantitative estimate of drug-likeness (QED) is 0.679. The third-order valence-electron chi connectivity index (χ3n) is 3.95. The predicted molar refractivity (Wildman–Crippen MR) is 74.6 cm³/mol. The van der Waals surface area contributed by atoms with Crippen molar-refractivity contribution in [1.82, 2.24) is 0 Å². The van der Waals surface area contributed by atoms with Crippen molar-refractivity contribution in [1.29, 1.82) is 0 Å². The van der Waals surface area contributed by atoms with Crippen LogP contribution >= 0.6 is 16.4 Å². The van der Waals surface area contributed by atoms with Crippen molar-refractivity contribution < 1.29 is 4.57 Å². The zero-order valence-electron chi connectivity index (χ0n) is 9.97. The van der Waals surface area contributed by atoms with Gasteiger partial charge in [-0.2, -0.15) is 0 Å². The van der Waals surface area contributed by atoms with Crippen LogP contribution in [-0.4, -0.2) is 6.16 Å². The highest BCUT2D eigenvalue weighted by atomic mass is 31.1. The van der Waals surface area contributed by atoms with Gasteiger partial charge in [-0.3, -0.25) is 4.57 Å². The monoisotopic (exact) mass is 260 g/mol. The summed E-state index contributed by atoms with van der Waals surface area (Å²) in [5.74, 6) is 2.26. The molecule has 0 amide bonds. The van der Waals surface area contributed by atoms with E-state index in [1.807, 2.05) is 0 Å². The fourth-order valence-electron chi connectivity index (χ4n) is 2.79. The molecule has 0 saturated heterocycles. The number of fused-ring (bicyclic) bond motifs is 2. The number of rotatable bonds is 2. The second-order valence-corrected chi connectivity index (χ2v) is 7.53. The van der Waals surface area contributed by atoms with Gasteiger partial charge in [0.15, 0.2) is 8.46 Å². The van der Waals surface area contributed by atoms with Gasteiger partial charge >= 0.3 is 0 Å². The van der Waals surface area contributed by atoms with Gasteiger partial charge in [0.1, 0.15) is 0 Å². The molecule has 0 spiro atoms. The molecule has 2 aliphatic heterocycles. The molecule has 1 aromatic carbocycles. The molecule has 1 nitrogen and oxygen atoms in total. The van der Waals surface area contributed by atoms with Crippen molar-refractivity contribution in [2.75, 3.05) is 6.16 Å². The van der Waals surface area contributed by atoms with E-state index in [1.54, 1.807) is 0 Å². The average Bonchev–Trinajstić information content (AvgIpc) is 2.80. The summed E-state index contributed by atoms with van der Waals surface area (Å²) in [7, 11) is -0.0235. The first-order valence-corrected chi connectivity index (χ1v) is 8.17. The fourth-order valence-corrected chi connectivity index (χ4v) is 7.18. The molecule has 0 aromatic heterocycles. The van der Waals surface area contributed by atoms with Gasteiger partial charge in [0.2, 0.25) is 0 Å². The molecule has 0 aliphatic carbocycles. The first kappa shape index (κ1) is 11.3. The number of allylic oxidation sites excluding steroid dienone is 2.